The smallest absolute Gasteiger partial charge is 0.141 e. The van der Waals surface area contributed by atoms with E-state index in [-0.39, 0.29) is 10.8 Å². The van der Waals surface area contributed by atoms with Crippen LogP contribution < -0.4 is 5.32 Å². The zero-order chi connectivity index (χ0) is 14.7. The Balaban J connectivity index is 2.29. The summed E-state index contributed by atoms with van der Waals surface area (Å²) in [4.78, 5) is 0. The van der Waals surface area contributed by atoms with Crippen molar-refractivity contribution in [3.63, 3.8) is 0 Å². The summed E-state index contributed by atoms with van der Waals surface area (Å²) in [6, 6.07) is 9.74. The van der Waals surface area contributed by atoms with Crippen molar-refractivity contribution in [1.29, 1.82) is 5.26 Å². The summed E-state index contributed by atoms with van der Waals surface area (Å²) in [6.07, 6.45) is 0. The summed E-state index contributed by atoms with van der Waals surface area (Å²) < 4.78 is 26.4. The number of nitrogens with one attached hydrogen (secondary N) is 1. The maximum absolute atomic E-state index is 13.3. The van der Waals surface area contributed by atoms with Crippen LogP contribution in [0, 0.1) is 29.9 Å². The van der Waals surface area contributed by atoms with Gasteiger partial charge in [0.2, 0.25) is 0 Å². The molecule has 20 heavy (non-hydrogen) atoms. The van der Waals surface area contributed by atoms with E-state index in [4.69, 9.17) is 11.6 Å². The Bertz CT molecular complexity index is 660. The molecule has 1 unspecified atom stereocenters. The van der Waals surface area contributed by atoms with E-state index < -0.39 is 11.9 Å². The Morgan fingerprint density at radius 1 is 1.20 bits per heavy atom. The van der Waals surface area contributed by atoms with Crippen LogP contribution in [0.3, 0.4) is 0 Å². The molecular weight excluding hydrogens is 282 g/mol. The van der Waals surface area contributed by atoms with E-state index in [0.717, 1.165) is 5.56 Å². The second-order valence-corrected chi connectivity index (χ2v) is 4.80. The first-order valence-corrected chi connectivity index (χ1v) is 6.25. The molecule has 0 aliphatic rings. The van der Waals surface area contributed by atoms with Crippen molar-refractivity contribution in [1.82, 2.24) is 0 Å². The number of halogens is 3. The third-order valence-corrected chi connectivity index (χ3v) is 3.05. The van der Waals surface area contributed by atoms with E-state index in [1.165, 1.54) is 30.3 Å². The molecule has 0 spiro atoms. The molecule has 2 rings (SSSR count). The van der Waals surface area contributed by atoms with E-state index in [1.54, 1.807) is 13.0 Å². The van der Waals surface area contributed by atoms with Gasteiger partial charge in [0.05, 0.1) is 11.1 Å². The third-order valence-electron chi connectivity index (χ3n) is 2.76. The lowest BCUT2D eigenvalue weighted by Gasteiger charge is -2.14. The quantitative estimate of drug-likeness (QED) is 0.897. The Kier molecular flexibility index (Phi) is 4.21. The molecule has 0 heterocycles. The Morgan fingerprint density at radius 3 is 2.55 bits per heavy atom. The molecule has 0 amide bonds. The molecule has 0 aliphatic carbocycles. The molecule has 5 heteroatoms. The molecule has 1 atom stereocenters. The van der Waals surface area contributed by atoms with Gasteiger partial charge in [0.25, 0.3) is 0 Å². The average Bonchev–Trinajstić information content (AvgIpc) is 2.38. The zero-order valence-corrected chi connectivity index (χ0v) is 11.4. The Morgan fingerprint density at radius 2 is 1.95 bits per heavy atom. The van der Waals surface area contributed by atoms with Gasteiger partial charge in [0.1, 0.15) is 17.7 Å². The van der Waals surface area contributed by atoms with Crippen molar-refractivity contribution in [2.24, 2.45) is 0 Å². The van der Waals surface area contributed by atoms with Gasteiger partial charge in [0.15, 0.2) is 0 Å². The molecule has 0 radical (unpaired) electrons. The topological polar surface area (TPSA) is 35.8 Å². The van der Waals surface area contributed by atoms with Crippen molar-refractivity contribution in [3.05, 3.63) is 64.2 Å². The van der Waals surface area contributed by atoms with Gasteiger partial charge in [-0.15, -0.1) is 0 Å². The molecule has 2 aromatic carbocycles. The molecule has 0 aliphatic heterocycles. The SMILES string of the molecule is Cc1cc(F)cc(NC(C#N)c2ccc(F)c(Cl)c2)c1. The molecule has 0 bridgehead atoms. The van der Waals surface area contributed by atoms with Gasteiger partial charge in [-0.3, -0.25) is 0 Å². The summed E-state index contributed by atoms with van der Waals surface area (Å²) >= 11 is 5.70. The minimum atomic E-state index is -0.741. The van der Waals surface area contributed by atoms with E-state index in [1.807, 2.05) is 6.07 Å². The van der Waals surface area contributed by atoms with Gasteiger partial charge >= 0.3 is 0 Å². The second kappa shape index (κ2) is 5.89. The van der Waals surface area contributed by atoms with E-state index in [0.29, 0.717) is 11.3 Å². The molecular formula is C15H11ClF2N2. The molecule has 2 aromatic rings. The van der Waals surface area contributed by atoms with Crippen molar-refractivity contribution < 1.29 is 8.78 Å². The molecule has 0 saturated carbocycles. The van der Waals surface area contributed by atoms with Crippen molar-refractivity contribution in [3.8, 4) is 6.07 Å². The summed E-state index contributed by atoms with van der Waals surface area (Å²) in [5.74, 6) is -0.935. The van der Waals surface area contributed by atoms with Crippen molar-refractivity contribution >= 4 is 17.3 Å². The lowest BCUT2D eigenvalue weighted by atomic mass is 10.1. The van der Waals surface area contributed by atoms with Crippen molar-refractivity contribution in [2.75, 3.05) is 5.32 Å². The highest BCUT2D eigenvalue weighted by atomic mass is 35.5. The number of anilines is 1. The number of aryl methyl sites for hydroxylation is 1. The first-order valence-electron chi connectivity index (χ1n) is 5.88. The minimum absolute atomic E-state index is 0.0556. The summed E-state index contributed by atoms with van der Waals surface area (Å²) in [5, 5.41) is 12.0. The predicted octanol–water partition coefficient (Wildman–Crippen LogP) is 4.60. The predicted molar refractivity (Wildman–Crippen MR) is 74.5 cm³/mol. The monoisotopic (exact) mass is 292 g/mol. The normalized spacial score (nSPS) is 11.8. The second-order valence-electron chi connectivity index (χ2n) is 4.40. The summed E-state index contributed by atoms with van der Waals surface area (Å²) in [7, 11) is 0. The summed E-state index contributed by atoms with van der Waals surface area (Å²) in [6.45, 7) is 1.75. The van der Waals surface area contributed by atoms with Gasteiger partial charge in [-0.05, 0) is 48.4 Å². The number of hydrogen-bond donors (Lipinski definition) is 1. The largest absolute Gasteiger partial charge is 0.366 e. The van der Waals surface area contributed by atoms with Crippen LogP contribution in [0.1, 0.15) is 17.2 Å². The minimum Gasteiger partial charge on any atom is -0.366 e. The number of nitriles is 1. The van der Waals surface area contributed by atoms with Crippen LogP contribution in [-0.2, 0) is 0 Å². The highest BCUT2D eigenvalue weighted by Crippen LogP contribution is 2.24. The van der Waals surface area contributed by atoms with Crippen LogP contribution in [0.15, 0.2) is 36.4 Å². The first kappa shape index (κ1) is 14.3. The Labute approximate surface area is 120 Å². The van der Waals surface area contributed by atoms with E-state index in [9.17, 15) is 14.0 Å². The van der Waals surface area contributed by atoms with E-state index in [2.05, 4.69) is 5.32 Å². The summed E-state index contributed by atoms with van der Waals surface area (Å²) in [5.41, 5.74) is 1.73. The fraction of sp³-hybridized carbons (Fsp3) is 0.133. The molecule has 102 valence electrons. The lowest BCUT2D eigenvalue weighted by molar-refractivity contribution is 0.626. The van der Waals surface area contributed by atoms with Gasteiger partial charge in [-0.2, -0.15) is 5.26 Å². The standard InChI is InChI=1S/C15H11ClF2N2/c1-9-4-11(17)7-12(5-9)20-15(8-19)10-2-3-14(18)13(16)6-10/h2-7,15,20H,1H3. The number of hydrogen-bond acceptors (Lipinski definition) is 2. The van der Waals surface area contributed by atoms with Crippen LogP contribution in [0.2, 0.25) is 5.02 Å². The molecule has 2 nitrogen and oxygen atoms in total. The fourth-order valence-corrected chi connectivity index (χ4v) is 2.06. The van der Waals surface area contributed by atoms with Crippen LogP contribution >= 0.6 is 11.6 Å². The lowest BCUT2D eigenvalue weighted by Crippen LogP contribution is -2.09. The van der Waals surface area contributed by atoms with Gasteiger partial charge in [-0.25, -0.2) is 8.78 Å². The van der Waals surface area contributed by atoms with Gasteiger partial charge in [0, 0.05) is 5.69 Å². The van der Waals surface area contributed by atoms with Crippen molar-refractivity contribution in [2.45, 2.75) is 13.0 Å². The van der Waals surface area contributed by atoms with Gasteiger partial charge in [-0.1, -0.05) is 17.7 Å². The van der Waals surface area contributed by atoms with Crippen LogP contribution in [0.25, 0.3) is 0 Å². The number of nitrogens with zero attached hydrogens (tertiary/aromatic N) is 1. The number of benzene rings is 2. The van der Waals surface area contributed by atoms with Crippen LogP contribution in [-0.4, -0.2) is 0 Å². The highest BCUT2D eigenvalue weighted by Gasteiger charge is 2.13. The third kappa shape index (κ3) is 3.25. The average molecular weight is 293 g/mol. The van der Waals surface area contributed by atoms with Crippen LogP contribution in [0.5, 0.6) is 0 Å². The fourth-order valence-electron chi connectivity index (χ4n) is 1.87. The maximum atomic E-state index is 13.3. The molecule has 1 N–H and O–H groups in total. The molecule has 0 fully saturated rings. The maximum Gasteiger partial charge on any atom is 0.141 e. The number of rotatable bonds is 3. The highest BCUT2D eigenvalue weighted by molar-refractivity contribution is 6.30. The first-order chi connectivity index (χ1) is 9.49. The van der Waals surface area contributed by atoms with Crippen LogP contribution in [0.4, 0.5) is 14.5 Å². The van der Waals surface area contributed by atoms with Gasteiger partial charge < -0.3 is 5.32 Å². The molecule has 0 aromatic heterocycles. The zero-order valence-electron chi connectivity index (χ0n) is 10.6. The Hall–Kier alpha value is -2.12. The van der Waals surface area contributed by atoms with E-state index >= 15 is 0 Å². The molecule has 0 saturated heterocycles.